The van der Waals surface area contributed by atoms with Crippen molar-refractivity contribution in [3.63, 3.8) is 0 Å². The van der Waals surface area contributed by atoms with Gasteiger partial charge in [0.2, 0.25) is 2.86 Å². The molecule has 6 heterocycles. The number of ether oxygens (including phenoxy) is 2. The third-order valence-corrected chi connectivity index (χ3v) is 23.3. The van der Waals surface area contributed by atoms with Gasteiger partial charge >= 0.3 is 0 Å². The van der Waals surface area contributed by atoms with Gasteiger partial charge in [-0.3, -0.25) is 23.6 Å². The number of rotatable bonds is 19. The lowest BCUT2D eigenvalue weighted by atomic mass is 10.1. The van der Waals surface area contributed by atoms with Gasteiger partial charge in [-0.15, -0.1) is 0 Å². The highest BCUT2D eigenvalue weighted by Gasteiger charge is 2.53. The number of amides is 2. The van der Waals surface area contributed by atoms with Gasteiger partial charge in [0, 0.05) is 20.4 Å². The number of halogens is 2. The number of hydrogen-bond acceptors (Lipinski definition) is 17. The van der Waals surface area contributed by atoms with Crippen molar-refractivity contribution < 1.29 is 65.0 Å². The van der Waals surface area contributed by atoms with Gasteiger partial charge in [0.15, 0.2) is 75.4 Å². The lowest BCUT2D eigenvalue weighted by Crippen LogP contribution is -2.49. The second-order valence-corrected chi connectivity index (χ2v) is 31.2. The lowest BCUT2D eigenvalue weighted by Gasteiger charge is -2.39. The van der Waals surface area contributed by atoms with E-state index in [4.69, 9.17) is 34.1 Å². The predicted octanol–water partition coefficient (Wildman–Crippen LogP) is 8.14. The van der Waals surface area contributed by atoms with Gasteiger partial charge in [0.05, 0.1) is 45.7 Å². The van der Waals surface area contributed by atoms with Gasteiger partial charge in [-0.2, -0.15) is 0 Å². The van der Waals surface area contributed by atoms with Gasteiger partial charge in [0.1, 0.15) is 37.1 Å². The average Bonchev–Trinajstić information content (AvgIpc) is 2.21. The molecule has 0 aliphatic carbocycles. The molecule has 2 aromatic carbocycles. The van der Waals surface area contributed by atoms with Crippen LogP contribution in [0, 0.1) is 0 Å². The third-order valence-electron chi connectivity index (χ3n) is 14.3. The molecule has 0 radical (unpaired) electrons. The monoisotopic (exact) mass is 1170 g/mol. The van der Waals surface area contributed by atoms with E-state index in [1.807, 2.05) is 38.3 Å². The van der Waals surface area contributed by atoms with Crippen molar-refractivity contribution in [2.24, 2.45) is 0 Å². The van der Waals surface area contributed by atoms with Crippen molar-refractivity contribution >= 4 is 62.4 Å². The Morgan fingerprint density at radius 3 is 1.58 bits per heavy atom. The number of benzene rings is 2. The molecule has 2 saturated heterocycles. The smallest absolute Gasteiger partial charge is 0.259 e. The number of aliphatic hydroxyl groups is 5. The molecule has 81 heavy (non-hydrogen) atoms. The fraction of sp³-hybridized carbons (Fsp3) is 0.500. The fourth-order valence-electron chi connectivity index (χ4n) is 7.95. The van der Waals surface area contributed by atoms with Crippen LogP contribution in [-0.2, 0) is 18.3 Å². The zero-order chi connectivity index (χ0) is 63.3. The van der Waals surface area contributed by atoms with Crippen LogP contribution in [0.4, 0.5) is 20.4 Å². The van der Waals surface area contributed by atoms with Gasteiger partial charge < -0.3 is 49.2 Å². The number of aromatic nitrogens is 8. The number of imidazole rings is 2. The summed E-state index contributed by atoms with van der Waals surface area (Å²) in [7, 11) is -2.24. The quantitative estimate of drug-likeness (QED) is 0.0330. The maximum absolute atomic E-state index is 16.1. The summed E-state index contributed by atoms with van der Waals surface area (Å²) in [6.45, 7) is 20.2. The first-order chi connectivity index (χ1) is 40.4. The largest absolute Gasteiger partial charge is 0.408 e. The number of fused-ring (bicyclic) bond motifs is 2. The molecule has 2 aliphatic heterocycles. The van der Waals surface area contributed by atoms with E-state index in [1.165, 1.54) is 72.4 Å². The highest BCUT2D eigenvalue weighted by Crippen LogP contribution is 2.44. The summed E-state index contributed by atoms with van der Waals surface area (Å²) in [5, 5.41) is 36.8. The highest BCUT2D eigenvalue weighted by molar-refractivity contribution is 6.74. The SMILES string of the molecule is OC/C=C/CO.[2H]OC[C@H]1OC(n2cnc3c(N(C/C=C/CO)C(=O)c4ccccc4)ncnc32)[C@H](F)[C@@H]1O[Si](C)(C)C(C)(C)C.[2H]OC[C@H]1OC(n2cnc3c(NC(=O)c4ccccc4)ncnc32)[C@H](F)[C@@H]1O[Si](C)(C)C(C)(C)C.[3H]C.[3H]C. The Balaban J connectivity index is 0.000000317. The summed E-state index contributed by atoms with van der Waals surface area (Å²) >= 11 is 0. The lowest BCUT2D eigenvalue weighted by molar-refractivity contribution is -0.0445. The van der Waals surface area contributed by atoms with E-state index in [2.05, 4.69) is 87.0 Å². The normalized spacial score (nSPS) is 21.7. The average molecular weight is 1170 g/mol. The number of hydrogen-bond donors (Lipinski definition) is 6. The Bertz CT molecular complexity index is 3050. The predicted molar refractivity (Wildman–Crippen MR) is 312 cm³/mol. The van der Waals surface area contributed by atoms with E-state index < -0.39 is 65.8 Å². The molecule has 25 heteroatoms. The zero-order valence-electron chi connectivity index (χ0n) is 52.1. The zero-order valence-corrected chi connectivity index (χ0v) is 50.1. The van der Waals surface area contributed by atoms with Crippen molar-refractivity contribution in [3.8, 4) is 0 Å². The molecule has 2 aliphatic rings. The molecule has 2 fully saturated rings. The Kier molecular flexibility index (Phi) is 22.0. The van der Waals surface area contributed by atoms with E-state index in [-0.39, 0.29) is 84.3 Å². The van der Waals surface area contributed by atoms with E-state index in [0.29, 0.717) is 22.3 Å². The minimum atomic E-state index is -2.39. The van der Waals surface area contributed by atoms with Crippen molar-refractivity contribution in [1.82, 2.24) is 39.0 Å². The van der Waals surface area contributed by atoms with Crippen LogP contribution in [0.5, 0.6) is 0 Å². The van der Waals surface area contributed by atoms with Crippen LogP contribution in [0.25, 0.3) is 22.3 Å². The third kappa shape index (κ3) is 15.7. The Hall–Kier alpha value is -6.11. The highest BCUT2D eigenvalue weighted by atomic mass is 28.4. The van der Waals surface area contributed by atoms with Gasteiger partial charge in [-0.25, -0.2) is 38.7 Å². The van der Waals surface area contributed by atoms with E-state index >= 15 is 8.78 Å². The van der Waals surface area contributed by atoms with Crippen molar-refractivity contribution in [2.75, 3.05) is 49.8 Å². The number of nitrogens with one attached hydrogen (secondary N) is 1. The summed E-state index contributed by atoms with van der Waals surface area (Å²) in [4.78, 5) is 53.4. The Labute approximate surface area is 480 Å². The number of anilines is 2. The maximum Gasteiger partial charge on any atom is 0.259 e. The second-order valence-electron chi connectivity index (χ2n) is 21.7. The maximum atomic E-state index is 16.1. The van der Waals surface area contributed by atoms with Gasteiger partial charge in [-0.05, 0) is 60.5 Å². The molecule has 0 spiro atoms. The molecular weight excluding hydrogens is 1080 g/mol. The standard InChI is InChI=1S/C27H36FN5O5Si.C23H30FN5O4Si.C4H8O2.2CH4/c1-27(2,3)39(4,5)38-22-19(15-35)37-26(20(22)28)33-17-31-21-23(29-16-30-24(21)33)32(13-9-10-14-34)25(36)18-11-7-6-8-12-18;1-23(2,3)34(4,5)33-18-15(11-30)32-22(16(18)24)29-13-27-17-19(25-12-26-20(17)29)28-21(31)14-9-7-6-8-10-14;5-3-1-2-4-6;;/h6-12,16-17,19-20,22,26,34-35H,13-15H2,1-5H3;6-10,12-13,15-16,18,22,30H,11H2,1-5H3,(H,25,26,28,31);1-2,5-6H,3-4H2;2*1H4/b10-9+;;2-1+;;/t19-,20-,22-,26?;15-,16-,18-,22?;;;/m11.../s1/i35D;30D;;2*1T. The van der Waals surface area contributed by atoms with Crippen LogP contribution in [0.15, 0.2) is 110 Å². The minimum Gasteiger partial charge on any atom is -0.408 e. The summed E-state index contributed by atoms with van der Waals surface area (Å²) in [6, 6.07) is 17.4. The number of nitrogens with zero attached hydrogens (tertiary/aromatic N) is 9. The molecule has 21 nitrogen and oxygen atoms in total. The van der Waals surface area contributed by atoms with Gasteiger partial charge in [-0.1, -0.05) is 117 Å². The molecule has 6 N–H and O–H groups in total. The van der Waals surface area contributed by atoms with Crippen LogP contribution in [-0.4, -0.2) is 172 Å². The minimum absolute atomic E-state index is 0.0144. The molecule has 2 amide bonds. The fourth-order valence-corrected chi connectivity index (χ4v) is 10.6. The van der Waals surface area contributed by atoms with E-state index in [0.717, 1.165) is 0 Å². The first kappa shape index (κ1) is 61.0. The molecular formula is C56H82F2N10O11Si2. The molecule has 6 aromatic rings. The number of carbonyl (C=O) groups excluding carboxylic acids is 2. The molecule has 8 atom stereocenters. The molecule has 4 aromatic heterocycles. The summed E-state index contributed by atoms with van der Waals surface area (Å²) in [5.41, 5.74) is 2.06. The molecule has 2 unspecified atom stereocenters. The number of alkyl halides is 2. The van der Waals surface area contributed by atoms with Crippen molar-refractivity contribution in [2.45, 2.75) is 142 Å². The van der Waals surface area contributed by atoms with Crippen LogP contribution in [0.3, 0.4) is 0 Å². The van der Waals surface area contributed by atoms with Crippen LogP contribution in [0.2, 0.25) is 36.3 Å². The van der Waals surface area contributed by atoms with Crippen LogP contribution in [0.1, 0.15) is 92.3 Å². The summed E-state index contributed by atoms with van der Waals surface area (Å²) < 4.78 is 85.7. The molecule has 0 saturated carbocycles. The Morgan fingerprint density at radius 1 is 0.691 bits per heavy atom. The first-order valence-corrected chi connectivity index (χ1v) is 31.6. The first-order valence-electron chi connectivity index (χ1n) is 28.6. The number of carbonyl (C=O) groups is 2. The van der Waals surface area contributed by atoms with E-state index in [9.17, 15) is 14.7 Å². The van der Waals surface area contributed by atoms with Crippen LogP contribution < -0.4 is 10.2 Å². The molecule has 0 bridgehead atoms. The topological polar surface area (TPSA) is 275 Å². The Morgan fingerprint density at radius 2 is 1.12 bits per heavy atom. The summed E-state index contributed by atoms with van der Waals surface area (Å²) in [5.74, 6) is -0.241. The van der Waals surface area contributed by atoms with Gasteiger partial charge in [0.25, 0.3) is 11.8 Å². The number of aliphatic hydroxyl groups excluding tert-OH is 5. The second kappa shape index (κ2) is 29.2. The van der Waals surface area contributed by atoms with Crippen molar-refractivity contribution in [1.29, 1.82) is 2.86 Å². The molecule has 8 rings (SSSR count). The summed E-state index contributed by atoms with van der Waals surface area (Å²) in [6.07, 6.45) is 2.67. The van der Waals surface area contributed by atoms with E-state index in [1.54, 1.807) is 54.6 Å². The van der Waals surface area contributed by atoms with Crippen LogP contribution >= 0.6 is 0 Å². The molecule has 444 valence electrons. The van der Waals surface area contributed by atoms with Crippen molar-refractivity contribution in [3.05, 3.63) is 121 Å².